The van der Waals surface area contributed by atoms with Gasteiger partial charge in [0.2, 0.25) is 0 Å². The smallest absolute Gasteiger partial charge is 0.132 e. The standard InChI is InChI=1S/C31H27F2N3/c32-26-15-16-29(33)27(17-26)30-18-31(36(34-30)20-24-11-5-2-6-12-24)22-35(19-23-9-3-1-4-10-23)21-25-13-7-8-14-28(25)31/h1-17H,18-22H2. The molecule has 3 nitrogen and oxygen atoms in total. The number of nitrogens with zero attached hydrogens (tertiary/aromatic N) is 3. The fraction of sp³-hybridized carbons (Fsp3) is 0.194. The Morgan fingerprint density at radius 1 is 0.750 bits per heavy atom. The van der Waals surface area contributed by atoms with Crippen LogP contribution in [0.5, 0.6) is 0 Å². The maximum Gasteiger partial charge on any atom is 0.132 e. The molecule has 5 heteroatoms. The van der Waals surface area contributed by atoms with Gasteiger partial charge in [0.1, 0.15) is 17.2 Å². The van der Waals surface area contributed by atoms with Gasteiger partial charge < -0.3 is 0 Å². The molecule has 0 saturated heterocycles. The van der Waals surface area contributed by atoms with Crippen LogP contribution in [0.3, 0.4) is 0 Å². The maximum absolute atomic E-state index is 14.9. The second-order valence-corrected chi connectivity index (χ2v) is 9.71. The van der Waals surface area contributed by atoms with Gasteiger partial charge in [-0.25, -0.2) is 8.78 Å². The van der Waals surface area contributed by atoms with Crippen LogP contribution >= 0.6 is 0 Å². The van der Waals surface area contributed by atoms with Crippen molar-refractivity contribution >= 4 is 5.71 Å². The Kier molecular flexibility index (Phi) is 5.86. The van der Waals surface area contributed by atoms with Crippen molar-refractivity contribution in [2.75, 3.05) is 6.54 Å². The first-order valence-electron chi connectivity index (χ1n) is 12.3. The van der Waals surface area contributed by atoms with Crippen LogP contribution < -0.4 is 0 Å². The molecule has 0 amide bonds. The Morgan fingerprint density at radius 3 is 2.17 bits per heavy atom. The summed E-state index contributed by atoms with van der Waals surface area (Å²) in [5, 5.41) is 7.10. The highest BCUT2D eigenvalue weighted by Gasteiger charge is 2.49. The maximum atomic E-state index is 14.9. The van der Waals surface area contributed by atoms with E-state index in [4.69, 9.17) is 5.10 Å². The minimum atomic E-state index is -0.493. The molecule has 2 heterocycles. The molecule has 180 valence electrons. The number of hydrogen-bond donors (Lipinski definition) is 0. The number of benzene rings is 4. The van der Waals surface area contributed by atoms with Gasteiger partial charge in [-0.05, 0) is 40.5 Å². The van der Waals surface area contributed by atoms with Gasteiger partial charge in [0.15, 0.2) is 0 Å². The quantitative estimate of drug-likeness (QED) is 0.326. The van der Waals surface area contributed by atoms with Crippen molar-refractivity contribution in [1.82, 2.24) is 9.91 Å². The third-order valence-corrected chi connectivity index (χ3v) is 7.26. The van der Waals surface area contributed by atoms with E-state index in [0.29, 0.717) is 18.7 Å². The molecular weight excluding hydrogens is 452 g/mol. The normalized spacial score (nSPS) is 19.4. The molecule has 1 spiro atoms. The van der Waals surface area contributed by atoms with E-state index in [1.54, 1.807) is 0 Å². The van der Waals surface area contributed by atoms with Gasteiger partial charge >= 0.3 is 0 Å². The highest BCUT2D eigenvalue weighted by Crippen LogP contribution is 2.45. The van der Waals surface area contributed by atoms with Crippen molar-refractivity contribution in [2.24, 2.45) is 5.10 Å². The Bertz CT molecular complexity index is 1400. The van der Waals surface area contributed by atoms with Gasteiger partial charge in [-0.3, -0.25) is 9.91 Å². The monoisotopic (exact) mass is 479 g/mol. The van der Waals surface area contributed by atoms with Crippen LogP contribution in [0.25, 0.3) is 0 Å². The molecule has 0 bridgehead atoms. The van der Waals surface area contributed by atoms with Gasteiger partial charge in [-0.2, -0.15) is 5.10 Å². The summed E-state index contributed by atoms with van der Waals surface area (Å²) >= 11 is 0. The van der Waals surface area contributed by atoms with E-state index >= 15 is 0 Å². The molecule has 4 aromatic rings. The fourth-order valence-corrected chi connectivity index (χ4v) is 5.65. The average molecular weight is 480 g/mol. The first-order valence-corrected chi connectivity index (χ1v) is 12.3. The SMILES string of the molecule is Fc1ccc(F)c(C2=NN(Cc3ccccc3)C3(C2)CN(Cc2ccccc2)Cc2ccccc23)c1. The second-order valence-electron chi connectivity index (χ2n) is 9.71. The van der Waals surface area contributed by atoms with Crippen LogP contribution in [0.15, 0.2) is 108 Å². The van der Waals surface area contributed by atoms with Crippen molar-refractivity contribution in [2.45, 2.75) is 31.6 Å². The first kappa shape index (κ1) is 22.6. The van der Waals surface area contributed by atoms with Gasteiger partial charge in [-0.15, -0.1) is 0 Å². The van der Waals surface area contributed by atoms with Crippen molar-refractivity contribution < 1.29 is 8.78 Å². The molecule has 2 aliphatic heterocycles. The number of hydrazone groups is 1. The third kappa shape index (κ3) is 4.20. The van der Waals surface area contributed by atoms with Crippen LogP contribution in [-0.2, 0) is 25.2 Å². The van der Waals surface area contributed by atoms with Crippen molar-refractivity contribution in [3.05, 3.63) is 143 Å². The first-order chi connectivity index (χ1) is 17.6. The highest BCUT2D eigenvalue weighted by atomic mass is 19.1. The zero-order chi connectivity index (χ0) is 24.5. The predicted molar refractivity (Wildman–Crippen MR) is 138 cm³/mol. The van der Waals surface area contributed by atoms with E-state index in [1.165, 1.54) is 28.8 Å². The molecule has 0 fully saturated rings. The predicted octanol–water partition coefficient (Wildman–Crippen LogP) is 6.49. The lowest BCUT2D eigenvalue weighted by Gasteiger charge is -2.46. The highest BCUT2D eigenvalue weighted by molar-refractivity contribution is 6.02. The van der Waals surface area contributed by atoms with Crippen molar-refractivity contribution in [3.63, 3.8) is 0 Å². The van der Waals surface area contributed by atoms with Gasteiger partial charge in [0.05, 0.1) is 12.3 Å². The summed E-state index contributed by atoms with van der Waals surface area (Å²) in [7, 11) is 0. The van der Waals surface area contributed by atoms with E-state index in [-0.39, 0.29) is 5.56 Å². The molecule has 0 saturated carbocycles. The summed E-state index contributed by atoms with van der Waals surface area (Å²) in [6.45, 7) is 2.94. The Morgan fingerprint density at radius 2 is 1.42 bits per heavy atom. The third-order valence-electron chi connectivity index (χ3n) is 7.26. The Hall–Kier alpha value is -3.83. The van der Waals surface area contributed by atoms with E-state index < -0.39 is 17.2 Å². The second kappa shape index (κ2) is 9.32. The van der Waals surface area contributed by atoms with E-state index in [2.05, 4.69) is 70.6 Å². The molecular formula is C31H27F2N3. The molecule has 6 rings (SSSR count). The fourth-order valence-electron chi connectivity index (χ4n) is 5.65. The summed E-state index contributed by atoms with van der Waals surface area (Å²) in [6.07, 6.45) is 0.502. The number of hydrogen-bond acceptors (Lipinski definition) is 3. The zero-order valence-corrected chi connectivity index (χ0v) is 19.9. The summed E-state index contributed by atoms with van der Waals surface area (Å²) in [5.41, 5.74) is 5.15. The largest absolute Gasteiger partial charge is 0.292 e. The van der Waals surface area contributed by atoms with Crippen LogP contribution in [0, 0.1) is 11.6 Å². The molecule has 0 aliphatic carbocycles. The van der Waals surface area contributed by atoms with Crippen LogP contribution in [0.4, 0.5) is 8.78 Å². The van der Waals surface area contributed by atoms with Gasteiger partial charge in [-0.1, -0.05) is 84.9 Å². The molecule has 36 heavy (non-hydrogen) atoms. The number of fused-ring (bicyclic) bond motifs is 2. The zero-order valence-electron chi connectivity index (χ0n) is 19.9. The Labute approximate surface area is 210 Å². The lowest BCUT2D eigenvalue weighted by molar-refractivity contribution is 0.0382. The molecule has 1 atom stereocenters. The number of rotatable bonds is 5. The van der Waals surface area contributed by atoms with Crippen LogP contribution in [-0.4, -0.2) is 22.2 Å². The summed E-state index contributed by atoms with van der Waals surface area (Å²) in [5.74, 6) is -0.906. The Balaban J connectivity index is 1.45. The summed E-state index contributed by atoms with van der Waals surface area (Å²) in [6, 6.07) is 32.8. The lowest BCUT2D eigenvalue weighted by Crippen LogP contribution is -2.52. The van der Waals surface area contributed by atoms with Gasteiger partial charge in [0, 0.05) is 31.6 Å². The summed E-state index contributed by atoms with van der Waals surface area (Å²) in [4.78, 5) is 2.44. The molecule has 0 radical (unpaired) electrons. The average Bonchev–Trinajstić information content (AvgIpc) is 3.24. The molecule has 2 aliphatic rings. The summed E-state index contributed by atoms with van der Waals surface area (Å²) < 4.78 is 29.1. The van der Waals surface area contributed by atoms with Crippen molar-refractivity contribution in [1.29, 1.82) is 0 Å². The van der Waals surface area contributed by atoms with E-state index in [0.717, 1.165) is 31.3 Å². The minimum Gasteiger partial charge on any atom is -0.292 e. The molecule has 1 unspecified atom stereocenters. The molecule has 4 aromatic carbocycles. The van der Waals surface area contributed by atoms with E-state index in [9.17, 15) is 8.78 Å². The topological polar surface area (TPSA) is 18.8 Å². The lowest BCUT2D eigenvalue weighted by atomic mass is 9.78. The van der Waals surface area contributed by atoms with Gasteiger partial charge in [0.25, 0.3) is 0 Å². The molecule has 0 N–H and O–H groups in total. The van der Waals surface area contributed by atoms with Crippen LogP contribution in [0.2, 0.25) is 0 Å². The van der Waals surface area contributed by atoms with Crippen molar-refractivity contribution in [3.8, 4) is 0 Å². The van der Waals surface area contributed by atoms with Crippen LogP contribution in [0.1, 0.15) is 34.2 Å². The van der Waals surface area contributed by atoms with E-state index in [1.807, 2.05) is 24.3 Å². The number of halogens is 2. The minimum absolute atomic E-state index is 0.239. The molecule has 0 aromatic heterocycles.